The summed E-state index contributed by atoms with van der Waals surface area (Å²) in [6.45, 7) is 6.20. The molecule has 12 N–H and O–H groups in total. The largest absolute Gasteiger partial charge is 0.390 e. The zero-order valence-electron chi connectivity index (χ0n) is 46.9. The Hall–Kier alpha value is -7.97. The molecule has 4 aliphatic carbocycles. The van der Waals surface area contributed by atoms with E-state index >= 15 is 0 Å². The molecule has 4 aliphatic rings. The van der Waals surface area contributed by atoms with Crippen LogP contribution in [0, 0.1) is 0 Å². The number of aryl methyl sites for hydroxylation is 2. The van der Waals surface area contributed by atoms with Gasteiger partial charge in [-0.2, -0.15) is 49.9 Å². The Morgan fingerprint density at radius 3 is 1.31 bits per heavy atom. The normalized spacial score (nSPS) is 26.3. The summed E-state index contributed by atoms with van der Waals surface area (Å²) in [5, 5.41) is 102. The number of aliphatic hydroxyl groups excluding tert-OH is 6. The van der Waals surface area contributed by atoms with E-state index in [1.54, 1.807) is 21.8 Å². The van der Waals surface area contributed by atoms with Gasteiger partial charge in [-0.15, -0.1) is 0 Å². The molecule has 31 nitrogen and oxygen atoms in total. The van der Waals surface area contributed by atoms with E-state index in [1.165, 1.54) is 22.0 Å². The molecule has 84 heavy (non-hydrogen) atoms. The van der Waals surface area contributed by atoms with E-state index in [9.17, 15) is 35.4 Å². The number of hydrogen-bond donors (Lipinski definition) is 12. The maximum absolute atomic E-state index is 13.6. The van der Waals surface area contributed by atoms with Gasteiger partial charge in [0, 0.05) is 75.6 Å². The highest BCUT2D eigenvalue weighted by Gasteiger charge is 2.47. The molecule has 8 aromatic rings. The summed E-state index contributed by atoms with van der Waals surface area (Å²) in [4.78, 5) is 54.4. The van der Waals surface area contributed by atoms with E-state index in [1.807, 2.05) is 34.2 Å². The van der Waals surface area contributed by atoms with Crippen molar-refractivity contribution in [3.05, 3.63) is 72.9 Å². The first-order valence-corrected chi connectivity index (χ1v) is 29.3. The second-order valence-corrected chi connectivity index (χ2v) is 22.5. The minimum Gasteiger partial charge on any atom is -0.390 e. The fourth-order valence-corrected chi connectivity index (χ4v) is 12.3. The number of anilines is 4. The van der Waals surface area contributed by atoms with Crippen molar-refractivity contribution in [3.63, 3.8) is 0 Å². The van der Waals surface area contributed by atoms with Crippen LogP contribution < -0.4 is 31.9 Å². The first-order valence-electron chi connectivity index (χ1n) is 29.3. The van der Waals surface area contributed by atoms with Crippen molar-refractivity contribution in [2.75, 3.05) is 34.4 Å². The molecule has 31 heteroatoms. The van der Waals surface area contributed by atoms with Gasteiger partial charge in [0.05, 0.1) is 74.4 Å². The third-order valence-electron chi connectivity index (χ3n) is 17.1. The highest BCUT2D eigenvalue weighted by atomic mass is 16.3. The number of urea groups is 1. The van der Waals surface area contributed by atoms with Crippen molar-refractivity contribution < 1.29 is 35.4 Å². The van der Waals surface area contributed by atoms with Crippen LogP contribution in [0.5, 0.6) is 0 Å². The van der Waals surface area contributed by atoms with Crippen LogP contribution in [0.3, 0.4) is 0 Å². The Kier molecular flexibility index (Phi) is 16.6. The van der Waals surface area contributed by atoms with Crippen molar-refractivity contribution in [1.82, 2.24) is 98.8 Å². The number of aromatic nitrogens is 18. The Morgan fingerprint density at radius 1 is 0.524 bits per heavy atom. The van der Waals surface area contributed by atoms with Crippen molar-refractivity contribution >= 4 is 51.9 Å². The SMILES string of the molecule is CCn1cnc(CCNc2nc(NC3CCC(NC(=O)NC4CCC(Nc5nc(NCCc6cn(CC)cn6)nc6c5ncn6[C@@H]5C[C@H](n6ncc(CO)n6)[C@@H](O)[C@H]5O)CC4)CC3)c3ncn([C@@H]4C[C@H](n5ncc(CO)n5)[C@@H](O)[C@H]4O)c3n2)c1. The number of carbonyl (C=O) groups is 1. The zero-order chi connectivity index (χ0) is 58.0. The van der Waals surface area contributed by atoms with Crippen LogP contribution >= 0.6 is 0 Å². The van der Waals surface area contributed by atoms with E-state index in [0.717, 1.165) is 75.8 Å². The molecule has 0 radical (unpaired) electrons. The Balaban J connectivity index is 0.664. The van der Waals surface area contributed by atoms with Gasteiger partial charge < -0.3 is 80.8 Å². The van der Waals surface area contributed by atoms with Gasteiger partial charge in [0.25, 0.3) is 0 Å². The van der Waals surface area contributed by atoms with Crippen LogP contribution in [0.25, 0.3) is 22.3 Å². The van der Waals surface area contributed by atoms with Crippen LogP contribution in [0.1, 0.15) is 125 Å². The summed E-state index contributed by atoms with van der Waals surface area (Å²) < 4.78 is 7.60. The van der Waals surface area contributed by atoms with Crippen LogP contribution in [0.4, 0.5) is 28.3 Å². The average molecular weight is 1160 g/mol. The Bertz CT molecular complexity index is 3280. The number of nitrogens with one attached hydrogen (secondary N) is 6. The standard InChI is InChI=1S/C53H74N24O7/c1-3-72-21-33(56-25-72)13-15-54-51-66-47(41-49(68-51)74(27-58-41)37-17-39(45(82)43(37)80)76-60-19-35(23-78)70-76)62-29-5-9-31(10-6-29)64-53(84)65-32-11-7-30(8-12-32)63-48-42-50(69-52(67-48)55-16-14-34-22-73(4-2)26-57-34)75(28-59-42)38-18-40(46(83)44(38)81)77-61-20-36(24-79)71-77/h19-22,25-32,37-40,43-46,78-83H,3-18,23-24H2,1-2H3,(H2,64,65,84)(H2,54,62,66,68)(H2,55,63,67,69)/t29?,30?,31?,32?,37-,38-,39+,40+,43+,44+,45-,46-/m1/s1. The number of amides is 2. The molecule has 2 amide bonds. The molecule has 0 saturated heterocycles. The molecular weight excluding hydrogens is 1080 g/mol. The minimum atomic E-state index is -1.18. The molecule has 0 aromatic carbocycles. The summed E-state index contributed by atoms with van der Waals surface area (Å²) >= 11 is 0. The lowest BCUT2D eigenvalue weighted by Gasteiger charge is -2.32. The molecule has 8 atom stereocenters. The predicted molar refractivity (Wildman–Crippen MR) is 303 cm³/mol. The monoisotopic (exact) mass is 1160 g/mol. The third-order valence-corrected chi connectivity index (χ3v) is 17.1. The van der Waals surface area contributed by atoms with Gasteiger partial charge in [-0.25, -0.2) is 24.7 Å². The van der Waals surface area contributed by atoms with E-state index in [-0.39, 0.29) is 56.3 Å². The van der Waals surface area contributed by atoms with Crippen molar-refractivity contribution in [2.45, 2.75) is 190 Å². The maximum atomic E-state index is 13.6. The number of hydrogen-bond acceptors (Lipinski definition) is 23. The predicted octanol–water partition coefficient (Wildman–Crippen LogP) is 1.14. The summed E-state index contributed by atoms with van der Waals surface area (Å²) in [5.74, 6) is 1.81. The molecule has 0 aliphatic heterocycles. The summed E-state index contributed by atoms with van der Waals surface area (Å²) in [7, 11) is 0. The van der Waals surface area contributed by atoms with Crippen molar-refractivity contribution in [3.8, 4) is 0 Å². The highest BCUT2D eigenvalue weighted by Crippen LogP contribution is 2.42. The van der Waals surface area contributed by atoms with E-state index in [0.29, 0.717) is 83.2 Å². The van der Waals surface area contributed by atoms with Crippen molar-refractivity contribution in [1.29, 1.82) is 0 Å². The molecule has 4 saturated carbocycles. The van der Waals surface area contributed by atoms with Crippen LogP contribution in [0.15, 0.2) is 50.1 Å². The number of imidazole rings is 4. The number of aliphatic hydroxyl groups is 6. The lowest BCUT2D eigenvalue weighted by atomic mass is 9.90. The smallest absolute Gasteiger partial charge is 0.315 e. The molecule has 12 rings (SSSR count). The van der Waals surface area contributed by atoms with Gasteiger partial charge in [-0.05, 0) is 78.1 Å². The van der Waals surface area contributed by atoms with Gasteiger partial charge in [0.1, 0.15) is 47.9 Å². The fourth-order valence-electron chi connectivity index (χ4n) is 12.3. The summed E-state index contributed by atoms with van der Waals surface area (Å²) in [5.41, 5.74) is 4.58. The van der Waals surface area contributed by atoms with Gasteiger partial charge in [-0.3, -0.25) is 0 Å². The number of fused-ring (bicyclic) bond motifs is 2. The lowest BCUT2D eigenvalue weighted by Crippen LogP contribution is -2.49. The highest BCUT2D eigenvalue weighted by molar-refractivity contribution is 5.85. The van der Waals surface area contributed by atoms with Crippen molar-refractivity contribution in [2.24, 2.45) is 0 Å². The van der Waals surface area contributed by atoms with E-state index in [4.69, 9.17) is 29.9 Å². The molecule has 0 unspecified atom stereocenters. The van der Waals surface area contributed by atoms with Crippen LogP contribution in [0.2, 0.25) is 0 Å². The number of carbonyl (C=O) groups excluding carboxylic acids is 1. The molecule has 4 fully saturated rings. The zero-order valence-corrected chi connectivity index (χ0v) is 46.9. The first kappa shape index (κ1) is 56.5. The van der Waals surface area contributed by atoms with Gasteiger partial charge in [0.2, 0.25) is 11.9 Å². The Morgan fingerprint density at radius 2 is 0.929 bits per heavy atom. The minimum absolute atomic E-state index is 0.0207. The third kappa shape index (κ3) is 11.9. The first-order chi connectivity index (χ1) is 40.9. The topological polar surface area (TPSA) is 395 Å². The molecule has 448 valence electrons. The van der Waals surface area contributed by atoms with E-state index < -0.39 is 48.6 Å². The number of nitrogens with zero attached hydrogens (tertiary/aromatic N) is 18. The number of rotatable bonds is 22. The van der Waals surface area contributed by atoms with Crippen LogP contribution in [-0.4, -0.2) is 186 Å². The molecule has 8 aromatic heterocycles. The summed E-state index contributed by atoms with van der Waals surface area (Å²) in [6.07, 6.45) is 16.9. The molecule has 0 bridgehead atoms. The lowest BCUT2D eigenvalue weighted by molar-refractivity contribution is 0.00491. The van der Waals surface area contributed by atoms with Crippen LogP contribution in [-0.2, 0) is 39.1 Å². The fraction of sp³-hybridized carbons (Fsp3) is 0.604. The second kappa shape index (κ2) is 24.7. The quantitative estimate of drug-likeness (QED) is 0.0453. The molecule has 8 heterocycles. The Labute approximate surface area is 481 Å². The van der Waals surface area contributed by atoms with E-state index in [2.05, 4.69) is 76.1 Å². The molecular formula is C53H74N24O7. The maximum Gasteiger partial charge on any atom is 0.315 e. The summed E-state index contributed by atoms with van der Waals surface area (Å²) in [6, 6.07) is -2.73. The van der Waals surface area contributed by atoms with Gasteiger partial charge in [-0.1, -0.05) is 0 Å². The van der Waals surface area contributed by atoms with Gasteiger partial charge >= 0.3 is 6.03 Å². The van der Waals surface area contributed by atoms with Gasteiger partial charge in [0.15, 0.2) is 34.0 Å². The average Bonchev–Trinajstić information content (AvgIpc) is 2.68. The molecule has 0 spiro atoms. The second-order valence-electron chi connectivity index (χ2n) is 22.5.